The Morgan fingerprint density at radius 3 is 2.17 bits per heavy atom. The average Bonchev–Trinajstić information content (AvgIpc) is 3.35. The molecule has 35 heavy (non-hydrogen) atoms. The molecule has 1 heterocycles. The highest BCUT2D eigenvalue weighted by molar-refractivity contribution is 7.98. The molecule has 180 valence electrons. The molecular formula is C28H27NO4S2. The number of thioether (sulfide) groups is 2. The first-order valence-corrected chi connectivity index (χ1v) is 13.6. The van der Waals surface area contributed by atoms with Crippen LogP contribution in [0, 0.1) is 0 Å². The maximum Gasteiger partial charge on any atom is 0.343 e. The fourth-order valence-electron chi connectivity index (χ4n) is 3.60. The second-order valence-electron chi connectivity index (χ2n) is 7.75. The molecule has 5 nitrogen and oxygen atoms in total. The number of carbonyl (C=O) groups excluding carboxylic acids is 1. The van der Waals surface area contributed by atoms with E-state index < -0.39 is 5.97 Å². The van der Waals surface area contributed by atoms with Gasteiger partial charge in [-0.1, -0.05) is 36.4 Å². The Hall–Kier alpha value is -3.16. The van der Waals surface area contributed by atoms with Crippen molar-refractivity contribution in [3.63, 3.8) is 0 Å². The number of aryl methyl sites for hydroxylation is 2. The van der Waals surface area contributed by atoms with Gasteiger partial charge < -0.3 is 13.9 Å². The number of hydrogen-bond donors (Lipinski definition) is 0. The summed E-state index contributed by atoms with van der Waals surface area (Å²) >= 11 is 3.42. The van der Waals surface area contributed by atoms with Crippen LogP contribution in [0.25, 0.3) is 22.6 Å². The van der Waals surface area contributed by atoms with Gasteiger partial charge in [0.1, 0.15) is 11.4 Å². The molecule has 4 aromatic rings. The lowest BCUT2D eigenvalue weighted by atomic mass is 10.1. The van der Waals surface area contributed by atoms with E-state index in [0.717, 1.165) is 34.6 Å². The van der Waals surface area contributed by atoms with Gasteiger partial charge in [-0.3, -0.25) is 0 Å². The summed E-state index contributed by atoms with van der Waals surface area (Å²) in [5, 5.41) is 0. The van der Waals surface area contributed by atoms with Gasteiger partial charge in [-0.25, -0.2) is 9.78 Å². The highest BCUT2D eigenvalue weighted by Crippen LogP contribution is 2.34. The molecule has 0 atom stereocenters. The van der Waals surface area contributed by atoms with Crippen molar-refractivity contribution in [2.75, 3.05) is 26.2 Å². The predicted molar refractivity (Wildman–Crippen MR) is 142 cm³/mol. The Morgan fingerprint density at radius 1 is 0.886 bits per heavy atom. The largest absolute Gasteiger partial charge is 0.482 e. The molecule has 7 heteroatoms. The van der Waals surface area contributed by atoms with E-state index in [-0.39, 0.29) is 6.61 Å². The minimum atomic E-state index is -0.411. The topological polar surface area (TPSA) is 61.6 Å². The van der Waals surface area contributed by atoms with Gasteiger partial charge in [-0.15, -0.1) is 23.5 Å². The van der Waals surface area contributed by atoms with Crippen LogP contribution in [0.15, 0.2) is 87.0 Å². The Morgan fingerprint density at radius 2 is 1.54 bits per heavy atom. The van der Waals surface area contributed by atoms with E-state index in [1.807, 2.05) is 24.3 Å². The Balaban J connectivity index is 1.57. The number of methoxy groups -OCH3 is 1. The number of hydrogen-bond acceptors (Lipinski definition) is 7. The van der Waals surface area contributed by atoms with Crippen molar-refractivity contribution in [1.82, 2.24) is 4.98 Å². The molecule has 0 saturated heterocycles. The van der Waals surface area contributed by atoms with E-state index in [2.05, 4.69) is 65.8 Å². The SMILES string of the molecule is COC(=O)COc1cccc(CCc2nc(-c3ccc(SC)cc3)c(-c3ccc(SC)cc3)o2)c1. The zero-order valence-corrected chi connectivity index (χ0v) is 21.6. The minimum Gasteiger partial charge on any atom is -0.482 e. The highest BCUT2D eigenvalue weighted by atomic mass is 32.2. The Labute approximate surface area is 214 Å². The third-order valence-electron chi connectivity index (χ3n) is 5.50. The van der Waals surface area contributed by atoms with Crippen LogP contribution in [0.1, 0.15) is 11.5 Å². The zero-order valence-electron chi connectivity index (χ0n) is 19.9. The molecule has 0 bridgehead atoms. The average molecular weight is 506 g/mol. The minimum absolute atomic E-state index is 0.114. The Kier molecular flexibility index (Phi) is 8.55. The van der Waals surface area contributed by atoms with Crippen molar-refractivity contribution >= 4 is 29.5 Å². The summed E-state index contributed by atoms with van der Waals surface area (Å²) in [7, 11) is 1.34. The van der Waals surface area contributed by atoms with Crippen LogP contribution in [0.5, 0.6) is 5.75 Å². The monoisotopic (exact) mass is 505 g/mol. The van der Waals surface area contributed by atoms with Gasteiger partial charge in [0.2, 0.25) is 0 Å². The maximum atomic E-state index is 11.4. The first-order chi connectivity index (χ1) is 17.1. The molecular weight excluding hydrogens is 478 g/mol. The van der Waals surface area contributed by atoms with Crippen LogP contribution in [0.3, 0.4) is 0 Å². The van der Waals surface area contributed by atoms with Gasteiger partial charge in [0.15, 0.2) is 18.3 Å². The number of aromatic nitrogens is 1. The lowest BCUT2D eigenvalue weighted by Crippen LogP contribution is -2.12. The Bertz CT molecular complexity index is 1200. The molecule has 0 N–H and O–H groups in total. The lowest BCUT2D eigenvalue weighted by molar-refractivity contribution is -0.142. The molecule has 0 unspecified atom stereocenters. The summed E-state index contributed by atoms with van der Waals surface area (Å²) in [6, 6.07) is 24.4. The van der Waals surface area contributed by atoms with Crippen molar-refractivity contribution < 1.29 is 18.7 Å². The van der Waals surface area contributed by atoms with E-state index in [4.69, 9.17) is 14.1 Å². The molecule has 0 aliphatic heterocycles. The normalized spacial score (nSPS) is 10.8. The summed E-state index contributed by atoms with van der Waals surface area (Å²) in [5.74, 6) is 1.68. The van der Waals surface area contributed by atoms with E-state index in [9.17, 15) is 4.79 Å². The van der Waals surface area contributed by atoms with Crippen molar-refractivity contribution in [1.29, 1.82) is 0 Å². The number of rotatable bonds is 10. The predicted octanol–water partition coefficient (Wildman–Crippen LogP) is 6.79. The van der Waals surface area contributed by atoms with Crippen molar-refractivity contribution in [2.24, 2.45) is 0 Å². The highest BCUT2D eigenvalue weighted by Gasteiger charge is 2.17. The molecule has 0 fully saturated rings. The van der Waals surface area contributed by atoms with Gasteiger partial charge >= 0.3 is 5.97 Å². The van der Waals surface area contributed by atoms with Gasteiger partial charge in [0.25, 0.3) is 0 Å². The molecule has 0 saturated carbocycles. The maximum absolute atomic E-state index is 11.4. The van der Waals surface area contributed by atoms with Gasteiger partial charge in [-0.05, 0) is 60.9 Å². The number of ether oxygens (including phenoxy) is 2. The van der Waals surface area contributed by atoms with Crippen molar-refractivity contribution in [2.45, 2.75) is 22.6 Å². The number of carbonyl (C=O) groups is 1. The van der Waals surface area contributed by atoms with Crippen LogP contribution in [0.2, 0.25) is 0 Å². The van der Waals surface area contributed by atoms with E-state index >= 15 is 0 Å². The second-order valence-corrected chi connectivity index (χ2v) is 9.51. The summed E-state index contributed by atoms with van der Waals surface area (Å²) in [6.45, 7) is -0.114. The number of benzene rings is 3. The summed E-state index contributed by atoms with van der Waals surface area (Å²) in [5.41, 5.74) is 3.95. The molecule has 1 aromatic heterocycles. The summed E-state index contributed by atoms with van der Waals surface area (Å²) in [6.07, 6.45) is 5.50. The number of esters is 1. The van der Waals surface area contributed by atoms with E-state index in [0.29, 0.717) is 18.1 Å². The fraction of sp³-hybridized carbons (Fsp3) is 0.214. The van der Waals surface area contributed by atoms with Gasteiger partial charge in [0.05, 0.1) is 7.11 Å². The fourth-order valence-corrected chi connectivity index (χ4v) is 4.41. The first-order valence-electron chi connectivity index (χ1n) is 11.2. The van der Waals surface area contributed by atoms with Crippen molar-refractivity contribution in [3.05, 3.63) is 84.3 Å². The van der Waals surface area contributed by atoms with Gasteiger partial charge in [0, 0.05) is 27.3 Å². The molecule has 0 radical (unpaired) electrons. The molecule has 0 aliphatic carbocycles. The van der Waals surface area contributed by atoms with Crippen LogP contribution < -0.4 is 4.74 Å². The molecule has 0 spiro atoms. The molecule has 0 aliphatic rings. The first kappa shape index (κ1) is 24.9. The lowest BCUT2D eigenvalue weighted by Gasteiger charge is -2.06. The third kappa shape index (κ3) is 6.50. The molecule has 4 rings (SSSR count). The van der Waals surface area contributed by atoms with E-state index in [1.54, 1.807) is 23.5 Å². The van der Waals surface area contributed by atoms with Crippen LogP contribution in [0.4, 0.5) is 0 Å². The summed E-state index contributed by atoms with van der Waals surface area (Å²) < 4.78 is 16.5. The van der Waals surface area contributed by atoms with E-state index in [1.165, 1.54) is 16.9 Å². The molecule has 3 aromatic carbocycles. The number of nitrogens with zero attached hydrogens (tertiary/aromatic N) is 1. The van der Waals surface area contributed by atoms with Crippen LogP contribution in [-0.2, 0) is 22.4 Å². The standard InChI is InChI=1S/C28H27NO4S2/c1-31-26(30)18-32-22-6-4-5-19(17-22)7-16-25-29-27(20-8-12-23(34-2)13-9-20)28(33-25)21-10-14-24(35-3)15-11-21/h4-6,8-15,17H,7,16,18H2,1-3H3. The van der Waals surface area contributed by atoms with Crippen molar-refractivity contribution in [3.8, 4) is 28.3 Å². The van der Waals surface area contributed by atoms with Gasteiger partial charge in [-0.2, -0.15) is 0 Å². The zero-order chi connectivity index (χ0) is 24.6. The number of oxazole rings is 1. The molecule has 0 amide bonds. The summed E-state index contributed by atoms with van der Waals surface area (Å²) in [4.78, 5) is 18.7. The van der Waals surface area contributed by atoms with Crippen LogP contribution >= 0.6 is 23.5 Å². The third-order valence-corrected chi connectivity index (χ3v) is 6.98. The van der Waals surface area contributed by atoms with Crippen LogP contribution in [-0.4, -0.2) is 37.2 Å². The second kappa shape index (κ2) is 12.0. The smallest absolute Gasteiger partial charge is 0.343 e. The quantitative estimate of drug-likeness (QED) is 0.174.